The van der Waals surface area contributed by atoms with Crippen LogP contribution >= 0.6 is 0 Å². The fourth-order valence-corrected chi connectivity index (χ4v) is 2.35. The van der Waals surface area contributed by atoms with E-state index >= 15 is 0 Å². The maximum atomic E-state index is 12.2. The average molecular weight is 212 g/mol. The van der Waals surface area contributed by atoms with E-state index in [1.165, 1.54) is 0 Å². The van der Waals surface area contributed by atoms with E-state index in [0.717, 1.165) is 26.1 Å². The number of amides is 1. The number of nitrogens with one attached hydrogen (secondary N) is 1. The van der Waals surface area contributed by atoms with E-state index in [9.17, 15) is 4.79 Å². The fourth-order valence-electron chi connectivity index (χ4n) is 2.35. The van der Waals surface area contributed by atoms with Crippen LogP contribution in [0.2, 0.25) is 0 Å². The van der Waals surface area contributed by atoms with Crippen molar-refractivity contribution in [1.82, 2.24) is 10.2 Å². The largest absolute Gasteiger partial charge is 0.377 e. The Labute approximate surface area is 91.0 Å². The Hall–Kier alpha value is -0.610. The summed E-state index contributed by atoms with van der Waals surface area (Å²) in [5.41, 5.74) is -0.141. The molecule has 2 aliphatic heterocycles. The second-order valence-electron chi connectivity index (χ2n) is 5.04. The quantitative estimate of drug-likeness (QED) is 0.676. The highest BCUT2D eigenvalue weighted by atomic mass is 16.5. The number of nitrogens with zero attached hydrogens (tertiary/aromatic N) is 1. The molecule has 4 nitrogen and oxygen atoms in total. The smallest absolute Gasteiger partial charge is 0.227 e. The van der Waals surface area contributed by atoms with Gasteiger partial charge in [-0.2, -0.15) is 0 Å². The molecule has 0 aliphatic carbocycles. The summed E-state index contributed by atoms with van der Waals surface area (Å²) < 4.78 is 5.42. The van der Waals surface area contributed by atoms with Crippen LogP contribution in [0.15, 0.2) is 0 Å². The number of hydrogen-bond acceptors (Lipinski definition) is 3. The molecule has 4 heteroatoms. The molecule has 0 saturated carbocycles. The Bertz CT molecular complexity index is 247. The third kappa shape index (κ3) is 2.16. The van der Waals surface area contributed by atoms with Crippen molar-refractivity contribution in [2.75, 3.05) is 32.8 Å². The minimum Gasteiger partial charge on any atom is -0.377 e. The van der Waals surface area contributed by atoms with Gasteiger partial charge in [-0.1, -0.05) is 0 Å². The first kappa shape index (κ1) is 10.9. The van der Waals surface area contributed by atoms with E-state index in [1.54, 1.807) is 0 Å². The molecule has 2 rings (SSSR count). The van der Waals surface area contributed by atoms with Crippen molar-refractivity contribution in [3.05, 3.63) is 0 Å². The van der Waals surface area contributed by atoms with Gasteiger partial charge in [0.25, 0.3) is 0 Å². The van der Waals surface area contributed by atoms with Gasteiger partial charge in [-0.05, 0) is 26.8 Å². The van der Waals surface area contributed by atoms with Crippen LogP contribution < -0.4 is 5.32 Å². The minimum atomic E-state index is -0.141. The lowest BCUT2D eigenvalue weighted by Gasteiger charge is -2.43. The molecule has 1 atom stereocenters. The molecule has 0 spiro atoms. The summed E-state index contributed by atoms with van der Waals surface area (Å²) in [5, 5.41) is 3.24. The summed E-state index contributed by atoms with van der Waals surface area (Å²) in [6.45, 7) is 8.03. The van der Waals surface area contributed by atoms with Crippen LogP contribution in [-0.4, -0.2) is 49.2 Å². The second kappa shape index (κ2) is 4.10. The van der Waals surface area contributed by atoms with Crippen molar-refractivity contribution in [2.45, 2.75) is 25.8 Å². The van der Waals surface area contributed by atoms with E-state index in [1.807, 2.05) is 4.90 Å². The van der Waals surface area contributed by atoms with Crippen LogP contribution in [-0.2, 0) is 9.53 Å². The van der Waals surface area contributed by atoms with Crippen LogP contribution in [0.4, 0.5) is 0 Å². The second-order valence-corrected chi connectivity index (χ2v) is 5.04. The molecular weight excluding hydrogens is 192 g/mol. The SMILES string of the molecule is CC1(C)COCCN1C(=O)C1CCNC1. The van der Waals surface area contributed by atoms with Gasteiger partial charge in [0.15, 0.2) is 0 Å². The van der Waals surface area contributed by atoms with Crippen molar-refractivity contribution < 1.29 is 9.53 Å². The molecule has 0 aromatic heterocycles. The van der Waals surface area contributed by atoms with Gasteiger partial charge in [-0.3, -0.25) is 4.79 Å². The molecule has 0 aromatic carbocycles. The predicted molar refractivity (Wildman–Crippen MR) is 57.6 cm³/mol. The number of morpholine rings is 1. The number of carbonyl (C=O) groups is 1. The van der Waals surface area contributed by atoms with Gasteiger partial charge in [-0.15, -0.1) is 0 Å². The number of ether oxygens (including phenoxy) is 1. The van der Waals surface area contributed by atoms with Crippen molar-refractivity contribution in [1.29, 1.82) is 0 Å². The summed E-state index contributed by atoms with van der Waals surface area (Å²) in [7, 11) is 0. The first-order chi connectivity index (χ1) is 7.11. The molecule has 1 N–H and O–H groups in total. The lowest BCUT2D eigenvalue weighted by molar-refractivity contribution is -0.150. The lowest BCUT2D eigenvalue weighted by Crippen LogP contribution is -2.57. The molecule has 0 radical (unpaired) electrons. The van der Waals surface area contributed by atoms with Crippen molar-refractivity contribution >= 4 is 5.91 Å². The number of carbonyl (C=O) groups excluding carboxylic acids is 1. The molecule has 2 saturated heterocycles. The topological polar surface area (TPSA) is 41.6 Å². The zero-order chi connectivity index (χ0) is 10.9. The molecule has 0 bridgehead atoms. The van der Waals surface area contributed by atoms with Crippen molar-refractivity contribution in [3.8, 4) is 0 Å². The molecular formula is C11H20N2O2. The Morgan fingerprint density at radius 1 is 1.53 bits per heavy atom. The first-order valence-electron chi connectivity index (χ1n) is 5.71. The number of rotatable bonds is 1. The van der Waals surface area contributed by atoms with Gasteiger partial charge >= 0.3 is 0 Å². The standard InChI is InChI=1S/C11H20N2O2/c1-11(2)8-15-6-5-13(11)10(14)9-3-4-12-7-9/h9,12H,3-8H2,1-2H3. The average Bonchev–Trinajstić information content (AvgIpc) is 2.69. The van der Waals surface area contributed by atoms with E-state index in [2.05, 4.69) is 19.2 Å². The van der Waals surface area contributed by atoms with Gasteiger partial charge in [0.05, 0.1) is 24.7 Å². The first-order valence-corrected chi connectivity index (χ1v) is 5.71. The Morgan fingerprint density at radius 3 is 2.93 bits per heavy atom. The minimum absolute atomic E-state index is 0.141. The van der Waals surface area contributed by atoms with Crippen LogP contribution in [0.3, 0.4) is 0 Å². The van der Waals surface area contributed by atoms with Crippen LogP contribution in [0.1, 0.15) is 20.3 Å². The Morgan fingerprint density at radius 2 is 2.33 bits per heavy atom. The maximum absolute atomic E-state index is 12.2. The summed E-state index contributed by atoms with van der Waals surface area (Å²) in [6.07, 6.45) is 0.978. The molecule has 0 aromatic rings. The van der Waals surface area contributed by atoms with Crippen LogP contribution in [0.5, 0.6) is 0 Å². The maximum Gasteiger partial charge on any atom is 0.227 e. The summed E-state index contributed by atoms with van der Waals surface area (Å²) >= 11 is 0. The monoisotopic (exact) mass is 212 g/mol. The highest BCUT2D eigenvalue weighted by molar-refractivity contribution is 5.80. The number of hydrogen-bond donors (Lipinski definition) is 1. The molecule has 2 aliphatic rings. The van der Waals surface area contributed by atoms with E-state index in [4.69, 9.17) is 4.74 Å². The zero-order valence-electron chi connectivity index (χ0n) is 9.58. The molecule has 86 valence electrons. The molecule has 2 fully saturated rings. The van der Waals surface area contributed by atoms with Gasteiger partial charge in [0, 0.05) is 13.1 Å². The molecule has 1 unspecified atom stereocenters. The third-order valence-corrected chi connectivity index (χ3v) is 3.32. The summed E-state index contributed by atoms with van der Waals surface area (Å²) in [5.74, 6) is 0.482. The van der Waals surface area contributed by atoms with Gasteiger partial charge in [0.1, 0.15) is 0 Å². The van der Waals surface area contributed by atoms with E-state index in [-0.39, 0.29) is 11.5 Å². The van der Waals surface area contributed by atoms with Gasteiger partial charge in [0.2, 0.25) is 5.91 Å². The van der Waals surface area contributed by atoms with Crippen LogP contribution in [0, 0.1) is 5.92 Å². The predicted octanol–water partition coefficient (Wildman–Crippen LogP) is 0.233. The fraction of sp³-hybridized carbons (Fsp3) is 0.909. The summed E-state index contributed by atoms with van der Waals surface area (Å²) in [4.78, 5) is 14.2. The Kier molecular flexibility index (Phi) is 2.98. The lowest BCUT2D eigenvalue weighted by atomic mass is 9.98. The zero-order valence-corrected chi connectivity index (χ0v) is 9.58. The molecule has 15 heavy (non-hydrogen) atoms. The van der Waals surface area contributed by atoms with E-state index in [0.29, 0.717) is 19.1 Å². The van der Waals surface area contributed by atoms with Gasteiger partial charge < -0.3 is 15.0 Å². The highest BCUT2D eigenvalue weighted by Crippen LogP contribution is 2.23. The van der Waals surface area contributed by atoms with Crippen molar-refractivity contribution in [2.24, 2.45) is 5.92 Å². The summed E-state index contributed by atoms with van der Waals surface area (Å²) in [6, 6.07) is 0. The van der Waals surface area contributed by atoms with E-state index < -0.39 is 0 Å². The third-order valence-electron chi connectivity index (χ3n) is 3.32. The molecule has 1 amide bonds. The normalized spacial score (nSPS) is 30.5. The van der Waals surface area contributed by atoms with Crippen molar-refractivity contribution in [3.63, 3.8) is 0 Å². The van der Waals surface area contributed by atoms with Gasteiger partial charge in [-0.25, -0.2) is 0 Å². The molecule has 2 heterocycles. The van der Waals surface area contributed by atoms with Crippen LogP contribution in [0.25, 0.3) is 0 Å². The Balaban J connectivity index is 2.04. The highest BCUT2D eigenvalue weighted by Gasteiger charge is 2.37.